The summed E-state index contributed by atoms with van der Waals surface area (Å²) in [6.45, 7) is 3.16. The number of anilines is 1. The molecule has 0 aromatic heterocycles. The first kappa shape index (κ1) is 15.3. The van der Waals surface area contributed by atoms with Crippen LogP contribution >= 0.6 is 11.8 Å². The zero-order valence-electron chi connectivity index (χ0n) is 10.8. The van der Waals surface area contributed by atoms with E-state index in [4.69, 9.17) is 0 Å². The second-order valence-corrected chi connectivity index (χ2v) is 5.31. The van der Waals surface area contributed by atoms with E-state index in [0.29, 0.717) is 16.7 Å². The Morgan fingerprint density at radius 3 is 2.33 bits per heavy atom. The Morgan fingerprint density at radius 1 is 1.06 bits per heavy atom. The quantitative estimate of drug-likeness (QED) is 0.478. The van der Waals surface area contributed by atoms with Crippen molar-refractivity contribution in [3.05, 3.63) is 24.3 Å². The fourth-order valence-electron chi connectivity index (χ4n) is 1.72. The lowest BCUT2D eigenvalue weighted by Gasteiger charge is -2.07. The number of thioether (sulfide) groups is 1. The zero-order chi connectivity index (χ0) is 13.2. The first-order valence-corrected chi connectivity index (χ1v) is 7.39. The lowest BCUT2D eigenvalue weighted by molar-refractivity contribution is 0.252. The Morgan fingerprint density at radius 2 is 1.72 bits per heavy atom. The van der Waals surface area contributed by atoms with Gasteiger partial charge in [-0.15, -0.1) is 0 Å². The van der Waals surface area contributed by atoms with Crippen LogP contribution in [-0.2, 0) is 0 Å². The van der Waals surface area contributed by atoms with Gasteiger partial charge in [0, 0.05) is 17.1 Å². The molecule has 0 radical (unpaired) electrons. The van der Waals surface area contributed by atoms with E-state index in [1.54, 1.807) is 12.1 Å². The molecule has 0 heterocycles. The van der Waals surface area contributed by atoms with Crippen LogP contribution in [0, 0.1) is 0 Å². The molecule has 0 unspecified atom stereocenters. The van der Waals surface area contributed by atoms with Crippen molar-refractivity contribution in [3.8, 4) is 0 Å². The summed E-state index contributed by atoms with van der Waals surface area (Å²) >= 11 is 0.583. The fourth-order valence-corrected chi connectivity index (χ4v) is 2.21. The van der Waals surface area contributed by atoms with Crippen LogP contribution in [0.5, 0.6) is 0 Å². The van der Waals surface area contributed by atoms with Crippen molar-refractivity contribution in [1.82, 2.24) is 0 Å². The van der Waals surface area contributed by atoms with Crippen LogP contribution in [0.15, 0.2) is 29.2 Å². The molecule has 0 aliphatic rings. The maximum absolute atomic E-state index is 12.1. The maximum atomic E-state index is 12.1. The predicted octanol–water partition coefficient (Wildman–Crippen LogP) is 5.38. The first-order chi connectivity index (χ1) is 8.72. The molecule has 0 spiro atoms. The summed E-state index contributed by atoms with van der Waals surface area (Å²) in [5.74, 6) is -2.35. The molecule has 1 rings (SSSR count). The van der Waals surface area contributed by atoms with Gasteiger partial charge in [-0.05, 0) is 30.7 Å². The van der Waals surface area contributed by atoms with Crippen LogP contribution in [0.2, 0.25) is 0 Å². The number of unbranched alkanes of at least 4 members (excludes halogenated alkanes) is 4. The third kappa shape index (κ3) is 6.84. The molecule has 0 fully saturated rings. The van der Waals surface area contributed by atoms with Gasteiger partial charge in [0.1, 0.15) is 0 Å². The van der Waals surface area contributed by atoms with E-state index in [2.05, 4.69) is 12.2 Å². The summed E-state index contributed by atoms with van der Waals surface area (Å²) < 4.78 is 24.2. The summed E-state index contributed by atoms with van der Waals surface area (Å²) in [4.78, 5) is 0.610. The van der Waals surface area contributed by atoms with Crippen LogP contribution in [0.25, 0.3) is 0 Å². The van der Waals surface area contributed by atoms with Crippen LogP contribution in [0.1, 0.15) is 39.0 Å². The molecule has 1 aromatic rings. The van der Waals surface area contributed by atoms with Crippen molar-refractivity contribution in [3.63, 3.8) is 0 Å². The molecule has 1 N–H and O–H groups in total. The van der Waals surface area contributed by atoms with Gasteiger partial charge in [0.25, 0.3) is 5.76 Å². The zero-order valence-corrected chi connectivity index (χ0v) is 11.6. The highest BCUT2D eigenvalue weighted by Gasteiger charge is 2.04. The van der Waals surface area contributed by atoms with Gasteiger partial charge in [0.15, 0.2) is 0 Å². The van der Waals surface area contributed by atoms with E-state index >= 15 is 0 Å². The lowest BCUT2D eigenvalue weighted by atomic mass is 10.1. The van der Waals surface area contributed by atoms with E-state index in [1.165, 1.54) is 25.7 Å². The SMILES string of the molecule is CCCCCCCNc1ccc(SC(F)F)cc1. The smallest absolute Gasteiger partial charge is 0.288 e. The van der Waals surface area contributed by atoms with Crippen LogP contribution < -0.4 is 5.32 Å². The lowest BCUT2D eigenvalue weighted by Crippen LogP contribution is -2.01. The predicted molar refractivity (Wildman–Crippen MR) is 75.6 cm³/mol. The highest BCUT2D eigenvalue weighted by molar-refractivity contribution is 7.99. The highest BCUT2D eigenvalue weighted by atomic mass is 32.2. The minimum absolute atomic E-state index is 0.583. The molecule has 0 saturated heterocycles. The van der Waals surface area contributed by atoms with Crippen LogP contribution in [-0.4, -0.2) is 12.3 Å². The number of rotatable bonds is 9. The van der Waals surface area contributed by atoms with Crippen LogP contribution in [0.3, 0.4) is 0 Å². The Balaban J connectivity index is 2.18. The van der Waals surface area contributed by atoms with E-state index in [1.807, 2.05) is 12.1 Å². The van der Waals surface area contributed by atoms with Gasteiger partial charge < -0.3 is 5.32 Å². The van der Waals surface area contributed by atoms with Gasteiger partial charge in [0.2, 0.25) is 0 Å². The summed E-state index contributed by atoms with van der Waals surface area (Å²) in [5, 5.41) is 3.31. The molecular weight excluding hydrogens is 252 g/mol. The summed E-state index contributed by atoms with van der Waals surface area (Å²) in [6, 6.07) is 7.18. The van der Waals surface area contributed by atoms with Gasteiger partial charge in [-0.3, -0.25) is 0 Å². The molecule has 18 heavy (non-hydrogen) atoms. The summed E-state index contributed by atoms with van der Waals surface area (Å²) in [6.07, 6.45) is 6.27. The minimum Gasteiger partial charge on any atom is -0.385 e. The van der Waals surface area contributed by atoms with Crippen molar-refractivity contribution in [2.75, 3.05) is 11.9 Å². The standard InChI is InChI=1S/C14H21F2NS/c1-2-3-4-5-6-11-17-12-7-9-13(10-8-12)18-14(15)16/h7-10,14,17H,2-6,11H2,1H3. The number of hydrogen-bond donors (Lipinski definition) is 1. The fraction of sp³-hybridized carbons (Fsp3) is 0.571. The number of nitrogens with one attached hydrogen (secondary N) is 1. The normalized spacial score (nSPS) is 10.9. The second-order valence-electron chi connectivity index (χ2n) is 4.24. The third-order valence-corrected chi connectivity index (χ3v) is 3.41. The summed E-state index contributed by atoms with van der Waals surface area (Å²) in [7, 11) is 0. The van der Waals surface area contributed by atoms with Crippen LogP contribution in [0.4, 0.5) is 14.5 Å². The molecule has 4 heteroatoms. The van der Waals surface area contributed by atoms with E-state index in [-0.39, 0.29) is 0 Å². The number of alkyl halides is 2. The Bertz CT molecular complexity index is 314. The monoisotopic (exact) mass is 273 g/mol. The molecule has 0 aliphatic heterocycles. The number of hydrogen-bond acceptors (Lipinski definition) is 2. The Hall–Kier alpha value is -0.770. The van der Waals surface area contributed by atoms with Crippen molar-refractivity contribution < 1.29 is 8.78 Å². The topological polar surface area (TPSA) is 12.0 Å². The average molecular weight is 273 g/mol. The minimum atomic E-state index is -2.35. The molecule has 0 amide bonds. The Kier molecular flexibility index (Phi) is 7.81. The highest BCUT2D eigenvalue weighted by Crippen LogP contribution is 2.26. The summed E-state index contributed by atoms with van der Waals surface area (Å²) in [5.41, 5.74) is 1.00. The van der Waals surface area contributed by atoms with E-state index in [9.17, 15) is 8.78 Å². The molecule has 0 aliphatic carbocycles. The van der Waals surface area contributed by atoms with Gasteiger partial charge in [-0.25, -0.2) is 0 Å². The second kappa shape index (κ2) is 9.20. The molecule has 1 aromatic carbocycles. The molecule has 0 atom stereocenters. The van der Waals surface area contributed by atoms with E-state index < -0.39 is 5.76 Å². The largest absolute Gasteiger partial charge is 0.385 e. The van der Waals surface area contributed by atoms with Gasteiger partial charge >= 0.3 is 0 Å². The maximum Gasteiger partial charge on any atom is 0.288 e. The first-order valence-electron chi connectivity index (χ1n) is 6.51. The molecule has 0 bridgehead atoms. The van der Waals surface area contributed by atoms with Crippen molar-refractivity contribution >= 4 is 17.4 Å². The van der Waals surface area contributed by atoms with Gasteiger partial charge in [0.05, 0.1) is 0 Å². The molecule has 1 nitrogen and oxygen atoms in total. The third-order valence-electron chi connectivity index (χ3n) is 2.69. The molecule has 102 valence electrons. The van der Waals surface area contributed by atoms with E-state index in [0.717, 1.165) is 18.7 Å². The molecular formula is C14H21F2NS. The van der Waals surface area contributed by atoms with Gasteiger partial charge in [-0.2, -0.15) is 8.78 Å². The van der Waals surface area contributed by atoms with Gasteiger partial charge in [-0.1, -0.05) is 44.4 Å². The average Bonchev–Trinajstić information content (AvgIpc) is 2.35. The number of halogens is 2. The Labute approximate surface area is 112 Å². The van der Waals surface area contributed by atoms with Crippen molar-refractivity contribution in [2.24, 2.45) is 0 Å². The molecule has 0 saturated carbocycles. The van der Waals surface area contributed by atoms with Crippen molar-refractivity contribution in [1.29, 1.82) is 0 Å². The van der Waals surface area contributed by atoms with Crippen molar-refractivity contribution in [2.45, 2.75) is 49.7 Å². The number of benzene rings is 1.